The van der Waals surface area contributed by atoms with E-state index in [1.165, 1.54) is 12.1 Å². The zero-order valence-electron chi connectivity index (χ0n) is 11.3. The maximum atomic E-state index is 13.3. The molecule has 0 aliphatic heterocycles. The van der Waals surface area contributed by atoms with Gasteiger partial charge >= 0.3 is 0 Å². The highest BCUT2D eigenvalue weighted by molar-refractivity contribution is 9.10. The van der Waals surface area contributed by atoms with E-state index in [-0.39, 0.29) is 16.7 Å². The molecule has 0 saturated carbocycles. The van der Waals surface area contributed by atoms with E-state index >= 15 is 0 Å². The van der Waals surface area contributed by atoms with E-state index in [0.29, 0.717) is 16.6 Å². The zero-order chi connectivity index (χ0) is 14.6. The summed E-state index contributed by atoms with van der Waals surface area (Å²) in [6, 6.07) is 4.28. The van der Waals surface area contributed by atoms with E-state index in [1.807, 2.05) is 0 Å². The van der Waals surface area contributed by atoms with Crippen LogP contribution >= 0.6 is 27.5 Å². The van der Waals surface area contributed by atoms with E-state index in [2.05, 4.69) is 42.0 Å². The van der Waals surface area contributed by atoms with Crippen LogP contribution in [0.3, 0.4) is 0 Å². The van der Waals surface area contributed by atoms with Gasteiger partial charge in [0.05, 0.1) is 9.85 Å². The van der Waals surface area contributed by atoms with E-state index < -0.39 is 5.82 Å². The van der Waals surface area contributed by atoms with E-state index in [9.17, 15) is 9.18 Å². The summed E-state index contributed by atoms with van der Waals surface area (Å²) in [6.07, 6.45) is 0.795. The van der Waals surface area contributed by atoms with Crippen molar-refractivity contribution in [1.29, 1.82) is 0 Å². The summed E-state index contributed by atoms with van der Waals surface area (Å²) < 4.78 is 13.6. The number of rotatable bonds is 4. The molecule has 0 bridgehead atoms. The third-order valence-electron chi connectivity index (χ3n) is 2.50. The third kappa shape index (κ3) is 5.91. The van der Waals surface area contributed by atoms with Gasteiger partial charge < -0.3 is 5.32 Å². The molecule has 0 heterocycles. The minimum absolute atomic E-state index is 0.112. The summed E-state index contributed by atoms with van der Waals surface area (Å²) >= 11 is 9.20. The quantitative estimate of drug-likeness (QED) is 0.803. The fourth-order valence-corrected chi connectivity index (χ4v) is 2.47. The molecule has 106 valence electrons. The number of benzene rings is 1. The molecule has 2 nitrogen and oxygen atoms in total. The first-order valence-electron chi connectivity index (χ1n) is 6.06. The summed E-state index contributed by atoms with van der Waals surface area (Å²) in [5.41, 5.74) is 0.404. The monoisotopic (exact) mass is 349 g/mol. The summed E-state index contributed by atoms with van der Waals surface area (Å²) in [6.45, 7) is 6.65. The number of carbonyl (C=O) groups excluding carboxylic acids is 1. The number of alkyl halides is 1. The summed E-state index contributed by atoms with van der Waals surface area (Å²) in [5, 5.41) is 2.58. The normalized spacial score (nSPS) is 13.2. The van der Waals surface area contributed by atoms with Crippen LogP contribution < -0.4 is 5.32 Å². The van der Waals surface area contributed by atoms with Gasteiger partial charge in [-0.05, 0) is 46.0 Å². The highest BCUT2D eigenvalue weighted by Crippen LogP contribution is 2.23. The average Bonchev–Trinajstić information content (AvgIpc) is 2.27. The molecule has 1 atom stereocenters. The second-order valence-electron chi connectivity index (χ2n) is 5.70. The lowest BCUT2D eigenvalue weighted by Crippen LogP contribution is -2.31. The molecule has 0 aliphatic rings. The molecule has 1 unspecified atom stereocenters. The summed E-state index contributed by atoms with van der Waals surface area (Å²) in [4.78, 5) is 11.8. The van der Waals surface area contributed by atoms with E-state index in [1.54, 1.807) is 6.07 Å². The third-order valence-corrected chi connectivity index (χ3v) is 3.45. The highest BCUT2D eigenvalue weighted by atomic mass is 79.9. The second kappa shape index (κ2) is 6.71. The standard InChI is InChI=1S/C14H18BrClFNO/c1-14(2,3)7-10(16)8-18-13(19)9-4-5-11(15)12(17)6-9/h4-6,10H,7-8H2,1-3H3,(H,18,19). The molecule has 1 aromatic carbocycles. The molecular formula is C14H18BrClFNO. The van der Waals surface area contributed by atoms with Gasteiger partial charge in [-0.2, -0.15) is 0 Å². The van der Waals surface area contributed by atoms with Gasteiger partial charge in [0.25, 0.3) is 5.91 Å². The van der Waals surface area contributed by atoms with Crippen LogP contribution in [0, 0.1) is 11.2 Å². The molecule has 19 heavy (non-hydrogen) atoms. The Kier molecular flexibility index (Phi) is 5.81. The van der Waals surface area contributed by atoms with Crippen molar-refractivity contribution in [2.45, 2.75) is 32.6 Å². The van der Waals surface area contributed by atoms with Crippen LogP contribution in [0.1, 0.15) is 37.6 Å². The van der Waals surface area contributed by atoms with Crippen LogP contribution in [0.25, 0.3) is 0 Å². The van der Waals surface area contributed by atoms with E-state index in [4.69, 9.17) is 11.6 Å². The van der Waals surface area contributed by atoms with Crippen LogP contribution in [0.15, 0.2) is 22.7 Å². The van der Waals surface area contributed by atoms with Gasteiger partial charge in [0.15, 0.2) is 0 Å². The number of hydrogen-bond donors (Lipinski definition) is 1. The molecule has 0 radical (unpaired) electrons. The average molecular weight is 351 g/mol. The van der Waals surface area contributed by atoms with Crippen molar-refractivity contribution in [3.8, 4) is 0 Å². The maximum Gasteiger partial charge on any atom is 0.251 e. The van der Waals surface area contributed by atoms with Gasteiger partial charge in [0, 0.05) is 12.1 Å². The summed E-state index contributed by atoms with van der Waals surface area (Å²) in [7, 11) is 0. The van der Waals surface area contributed by atoms with Crippen molar-refractivity contribution in [3.05, 3.63) is 34.1 Å². The van der Waals surface area contributed by atoms with Gasteiger partial charge in [-0.3, -0.25) is 4.79 Å². The van der Waals surface area contributed by atoms with Crippen LogP contribution in [0.2, 0.25) is 0 Å². The van der Waals surface area contributed by atoms with Crippen molar-refractivity contribution in [2.75, 3.05) is 6.54 Å². The minimum Gasteiger partial charge on any atom is -0.351 e. The van der Waals surface area contributed by atoms with Crippen LogP contribution in [-0.4, -0.2) is 17.8 Å². The largest absolute Gasteiger partial charge is 0.351 e. The Labute approximate surface area is 126 Å². The Hall–Kier alpha value is -0.610. The molecule has 0 aliphatic carbocycles. The fraction of sp³-hybridized carbons (Fsp3) is 0.500. The number of amides is 1. The molecule has 0 aromatic heterocycles. The fourth-order valence-electron chi connectivity index (χ4n) is 1.68. The molecule has 5 heteroatoms. The number of halogens is 3. The lowest BCUT2D eigenvalue weighted by molar-refractivity contribution is 0.0951. The summed E-state index contributed by atoms with van der Waals surface area (Å²) in [5.74, 6) is -0.768. The molecule has 0 saturated heterocycles. The van der Waals surface area contributed by atoms with Crippen molar-refractivity contribution >= 4 is 33.4 Å². The first-order valence-corrected chi connectivity index (χ1v) is 7.29. The Balaban J connectivity index is 2.53. The second-order valence-corrected chi connectivity index (χ2v) is 7.17. The van der Waals surface area contributed by atoms with Crippen LogP contribution in [0.5, 0.6) is 0 Å². The van der Waals surface area contributed by atoms with Gasteiger partial charge in [0.2, 0.25) is 0 Å². The first-order chi connectivity index (χ1) is 8.69. The van der Waals surface area contributed by atoms with Gasteiger partial charge in [-0.1, -0.05) is 20.8 Å². The Morgan fingerprint density at radius 3 is 2.63 bits per heavy atom. The number of carbonyl (C=O) groups is 1. The molecule has 1 amide bonds. The predicted octanol–water partition coefficient (Wildman–Crippen LogP) is 4.36. The topological polar surface area (TPSA) is 29.1 Å². The SMILES string of the molecule is CC(C)(C)CC(Cl)CNC(=O)c1ccc(Br)c(F)c1. The zero-order valence-corrected chi connectivity index (χ0v) is 13.6. The van der Waals surface area contributed by atoms with Crippen molar-refractivity contribution < 1.29 is 9.18 Å². The Morgan fingerprint density at radius 2 is 2.11 bits per heavy atom. The molecule has 0 spiro atoms. The highest BCUT2D eigenvalue weighted by Gasteiger charge is 2.17. The predicted molar refractivity (Wildman–Crippen MR) is 80.1 cm³/mol. The first kappa shape index (κ1) is 16.4. The van der Waals surface area contributed by atoms with Crippen LogP contribution in [-0.2, 0) is 0 Å². The number of nitrogens with one attached hydrogen (secondary N) is 1. The molecule has 1 N–H and O–H groups in total. The van der Waals surface area contributed by atoms with Crippen molar-refractivity contribution in [2.24, 2.45) is 5.41 Å². The Morgan fingerprint density at radius 1 is 1.47 bits per heavy atom. The van der Waals surface area contributed by atoms with E-state index in [0.717, 1.165) is 6.42 Å². The molecule has 0 fully saturated rings. The Bertz CT molecular complexity index is 459. The lowest BCUT2D eigenvalue weighted by Gasteiger charge is -2.22. The lowest BCUT2D eigenvalue weighted by atomic mass is 9.90. The smallest absolute Gasteiger partial charge is 0.251 e. The van der Waals surface area contributed by atoms with Gasteiger partial charge in [0.1, 0.15) is 5.82 Å². The molecule has 1 aromatic rings. The van der Waals surface area contributed by atoms with Gasteiger partial charge in [-0.25, -0.2) is 4.39 Å². The van der Waals surface area contributed by atoms with Crippen molar-refractivity contribution in [1.82, 2.24) is 5.32 Å². The van der Waals surface area contributed by atoms with Gasteiger partial charge in [-0.15, -0.1) is 11.6 Å². The van der Waals surface area contributed by atoms with Crippen LogP contribution in [0.4, 0.5) is 4.39 Å². The molecule has 1 rings (SSSR count). The minimum atomic E-state index is -0.454. The number of hydrogen-bond acceptors (Lipinski definition) is 1. The molecular weight excluding hydrogens is 333 g/mol. The maximum absolute atomic E-state index is 13.3. The van der Waals surface area contributed by atoms with Crippen molar-refractivity contribution in [3.63, 3.8) is 0 Å².